The van der Waals surface area contributed by atoms with Gasteiger partial charge in [-0.2, -0.15) is 0 Å². The molecule has 4 N–H and O–H groups in total. The molecule has 1 rings (SSSR count). The molecule has 0 fully saturated rings. The summed E-state index contributed by atoms with van der Waals surface area (Å²) in [6, 6.07) is 6.17. The van der Waals surface area contributed by atoms with Crippen molar-refractivity contribution in [2.24, 2.45) is 0 Å². The molecule has 84 valence electrons. The normalized spacial score (nSPS) is 13.7. The van der Waals surface area contributed by atoms with Crippen molar-refractivity contribution in [1.82, 2.24) is 4.72 Å². The second kappa shape index (κ2) is 4.61. The third kappa shape index (κ3) is 3.19. The average molecular weight is 230 g/mol. The molecule has 1 atom stereocenters. The maximum Gasteiger partial charge on any atom is 0.242 e. The maximum atomic E-state index is 11.7. The highest BCUT2D eigenvalue weighted by atomic mass is 32.2. The van der Waals surface area contributed by atoms with Crippen LogP contribution in [0.5, 0.6) is 0 Å². The fourth-order valence-electron chi connectivity index (χ4n) is 1.03. The Morgan fingerprint density at radius 2 is 2.07 bits per heavy atom. The highest BCUT2D eigenvalue weighted by Crippen LogP contribution is 2.16. The van der Waals surface area contributed by atoms with Gasteiger partial charge in [0.05, 0.1) is 11.8 Å². The molecule has 5 nitrogen and oxygen atoms in total. The van der Waals surface area contributed by atoms with Crippen molar-refractivity contribution in [1.29, 1.82) is 0 Å². The molecule has 0 aliphatic carbocycles. The van der Waals surface area contributed by atoms with Gasteiger partial charge in [-0.25, -0.2) is 13.1 Å². The van der Waals surface area contributed by atoms with Crippen molar-refractivity contribution in [3.05, 3.63) is 24.3 Å². The van der Waals surface area contributed by atoms with Gasteiger partial charge < -0.3 is 10.8 Å². The zero-order chi connectivity index (χ0) is 11.5. The lowest BCUT2D eigenvalue weighted by Crippen LogP contribution is -2.31. The number of nitrogen functional groups attached to an aromatic ring is 1. The summed E-state index contributed by atoms with van der Waals surface area (Å²) in [5, 5.41) is 8.97. The first-order valence-corrected chi connectivity index (χ1v) is 5.94. The molecule has 0 saturated carbocycles. The molecule has 15 heavy (non-hydrogen) atoms. The Kier molecular flexibility index (Phi) is 3.67. The molecule has 1 aromatic carbocycles. The van der Waals surface area contributed by atoms with Gasteiger partial charge >= 0.3 is 0 Å². The summed E-state index contributed by atoms with van der Waals surface area (Å²) in [6.45, 7) is 1.47. The van der Waals surface area contributed by atoms with Gasteiger partial charge in [0.15, 0.2) is 0 Å². The van der Waals surface area contributed by atoms with Gasteiger partial charge in [-0.15, -0.1) is 0 Å². The predicted molar refractivity (Wildman–Crippen MR) is 57.7 cm³/mol. The molecule has 0 radical (unpaired) electrons. The van der Waals surface area contributed by atoms with Crippen LogP contribution in [0.3, 0.4) is 0 Å². The highest BCUT2D eigenvalue weighted by molar-refractivity contribution is 7.89. The van der Waals surface area contributed by atoms with E-state index >= 15 is 0 Å². The Morgan fingerprint density at radius 3 is 2.60 bits per heavy atom. The van der Waals surface area contributed by atoms with E-state index in [9.17, 15) is 8.42 Å². The fourth-order valence-corrected chi connectivity index (χ4v) is 2.29. The van der Waals surface area contributed by atoms with E-state index in [2.05, 4.69) is 4.72 Å². The molecule has 0 aliphatic rings. The van der Waals surface area contributed by atoms with Crippen molar-refractivity contribution < 1.29 is 13.5 Å². The molecule has 6 heteroatoms. The number of anilines is 1. The van der Waals surface area contributed by atoms with Crippen LogP contribution in [0, 0.1) is 0 Å². The van der Waals surface area contributed by atoms with Crippen LogP contribution < -0.4 is 10.5 Å². The molecule has 0 amide bonds. The van der Waals surface area contributed by atoms with E-state index in [0.29, 0.717) is 0 Å². The number of nitrogens with one attached hydrogen (secondary N) is 1. The summed E-state index contributed by atoms with van der Waals surface area (Å²) in [5.41, 5.74) is 5.72. The van der Waals surface area contributed by atoms with Crippen LogP contribution in [-0.4, -0.2) is 26.2 Å². The first-order valence-electron chi connectivity index (χ1n) is 4.45. The number of aliphatic hydroxyl groups is 1. The van der Waals surface area contributed by atoms with E-state index in [1.807, 2.05) is 0 Å². The zero-order valence-electron chi connectivity index (χ0n) is 8.34. The van der Waals surface area contributed by atoms with Crippen molar-refractivity contribution >= 4 is 15.7 Å². The molecule has 0 aliphatic heterocycles. The summed E-state index contributed by atoms with van der Waals surface area (Å²) in [4.78, 5) is 0.0330. The zero-order valence-corrected chi connectivity index (χ0v) is 9.16. The maximum absolute atomic E-state index is 11.7. The lowest BCUT2D eigenvalue weighted by molar-refractivity contribution is 0.198. The van der Waals surface area contributed by atoms with Crippen molar-refractivity contribution in [3.8, 4) is 0 Å². The number of aliphatic hydroxyl groups excluding tert-OH is 1. The molecule has 0 spiro atoms. The fraction of sp³-hybridized carbons (Fsp3) is 0.333. The van der Waals surface area contributed by atoms with Crippen LogP contribution >= 0.6 is 0 Å². The molecule has 0 unspecified atom stereocenters. The third-order valence-corrected chi connectivity index (χ3v) is 3.27. The Bertz CT molecular complexity index is 429. The number of hydrogen-bond donors (Lipinski definition) is 3. The molecule has 0 aromatic heterocycles. The minimum absolute atomic E-state index is 0.0311. The Hall–Kier alpha value is -1.11. The molecule has 0 bridgehead atoms. The Labute approximate surface area is 89.0 Å². The lowest BCUT2D eigenvalue weighted by Gasteiger charge is -2.09. The van der Waals surface area contributed by atoms with Gasteiger partial charge in [-0.05, 0) is 19.1 Å². The topological polar surface area (TPSA) is 92.4 Å². The average Bonchev–Trinajstić information content (AvgIpc) is 2.15. The van der Waals surface area contributed by atoms with E-state index in [4.69, 9.17) is 10.8 Å². The molecule has 0 saturated heterocycles. The summed E-state index contributed by atoms with van der Waals surface area (Å²) in [5.74, 6) is 0. The van der Waals surface area contributed by atoms with Gasteiger partial charge in [-0.3, -0.25) is 0 Å². The standard InChI is InChI=1S/C9H14N2O3S/c1-7(12)6-11-15(13,14)9-5-3-2-4-8(9)10/h2-5,7,11-12H,6,10H2,1H3/t7-/m0/s1. The van der Waals surface area contributed by atoms with Gasteiger partial charge in [-0.1, -0.05) is 12.1 Å². The van der Waals surface area contributed by atoms with Crippen molar-refractivity contribution in [2.45, 2.75) is 17.9 Å². The number of sulfonamides is 1. The van der Waals surface area contributed by atoms with Gasteiger partial charge in [0.2, 0.25) is 10.0 Å². The lowest BCUT2D eigenvalue weighted by atomic mass is 10.3. The summed E-state index contributed by atoms with van der Waals surface area (Å²) >= 11 is 0. The summed E-state index contributed by atoms with van der Waals surface area (Å²) in [6.07, 6.45) is -0.732. The van der Waals surface area contributed by atoms with Crippen LogP contribution in [0.15, 0.2) is 29.2 Å². The Balaban J connectivity index is 2.92. The third-order valence-electron chi connectivity index (χ3n) is 1.78. The highest BCUT2D eigenvalue weighted by Gasteiger charge is 2.16. The summed E-state index contributed by atoms with van der Waals surface area (Å²) < 4.78 is 25.6. The number of rotatable bonds is 4. The van der Waals surface area contributed by atoms with Crippen LogP contribution in [-0.2, 0) is 10.0 Å². The molecule has 1 aromatic rings. The van der Waals surface area contributed by atoms with Gasteiger partial charge in [0, 0.05) is 6.54 Å². The van der Waals surface area contributed by atoms with Crippen LogP contribution in [0.2, 0.25) is 0 Å². The van der Waals surface area contributed by atoms with Crippen LogP contribution in [0.25, 0.3) is 0 Å². The first kappa shape index (κ1) is 12.0. The second-order valence-electron chi connectivity index (χ2n) is 3.24. The largest absolute Gasteiger partial charge is 0.398 e. The SMILES string of the molecule is C[C@H](O)CNS(=O)(=O)c1ccccc1N. The molecular formula is C9H14N2O3S. The monoisotopic (exact) mass is 230 g/mol. The van der Waals surface area contributed by atoms with E-state index in [1.54, 1.807) is 12.1 Å². The number of benzene rings is 1. The summed E-state index contributed by atoms with van der Waals surface area (Å²) in [7, 11) is -3.62. The van der Waals surface area contributed by atoms with Gasteiger partial charge in [0.1, 0.15) is 4.90 Å². The van der Waals surface area contributed by atoms with Gasteiger partial charge in [0.25, 0.3) is 0 Å². The number of nitrogens with two attached hydrogens (primary N) is 1. The smallest absolute Gasteiger partial charge is 0.242 e. The Morgan fingerprint density at radius 1 is 1.47 bits per heavy atom. The number of para-hydroxylation sites is 1. The van der Waals surface area contributed by atoms with E-state index in [1.165, 1.54) is 19.1 Å². The minimum Gasteiger partial charge on any atom is -0.398 e. The predicted octanol–water partition coefficient (Wildman–Crippen LogP) is -0.0721. The van der Waals surface area contributed by atoms with Crippen LogP contribution in [0.4, 0.5) is 5.69 Å². The minimum atomic E-state index is -3.62. The second-order valence-corrected chi connectivity index (χ2v) is 4.97. The van der Waals surface area contributed by atoms with E-state index in [0.717, 1.165) is 0 Å². The van der Waals surface area contributed by atoms with Crippen molar-refractivity contribution in [3.63, 3.8) is 0 Å². The van der Waals surface area contributed by atoms with E-state index in [-0.39, 0.29) is 17.1 Å². The molecule has 0 heterocycles. The first-order chi connectivity index (χ1) is 6.93. The van der Waals surface area contributed by atoms with Crippen LogP contribution in [0.1, 0.15) is 6.92 Å². The van der Waals surface area contributed by atoms with E-state index < -0.39 is 16.1 Å². The molecular weight excluding hydrogens is 216 g/mol. The quantitative estimate of drug-likeness (QED) is 0.631. The number of hydrogen-bond acceptors (Lipinski definition) is 4. The van der Waals surface area contributed by atoms with Crippen molar-refractivity contribution in [2.75, 3.05) is 12.3 Å².